The van der Waals surface area contributed by atoms with Gasteiger partial charge in [-0.1, -0.05) is 25.1 Å². The van der Waals surface area contributed by atoms with E-state index in [1.165, 1.54) is 0 Å². The number of nitrogens with zero attached hydrogens (tertiary/aromatic N) is 1. The van der Waals surface area contributed by atoms with Crippen molar-refractivity contribution in [2.75, 3.05) is 13.1 Å². The van der Waals surface area contributed by atoms with Gasteiger partial charge in [0.05, 0.1) is 0 Å². The second kappa shape index (κ2) is 4.66. The lowest BCUT2D eigenvalue weighted by atomic mass is 9.94. The fourth-order valence-electron chi connectivity index (χ4n) is 2.11. The molecule has 1 heterocycles. The Morgan fingerprint density at radius 2 is 2.06 bits per heavy atom. The molecule has 16 heavy (non-hydrogen) atoms. The first kappa shape index (κ1) is 11.1. The van der Waals surface area contributed by atoms with Gasteiger partial charge in [0, 0.05) is 24.7 Å². The molecule has 3 heteroatoms. The van der Waals surface area contributed by atoms with Crippen molar-refractivity contribution in [1.82, 2.24) is 4.90 Å². The molecule has 1 aliphatic heterocycles. The monoisotopic (exact) mass is 218 g/mol. The van der Waals surface area contributed by atoms with Gasteiger partial charge in [0.15, 0.2) is 0 Å². The number of likely N-dealkylation sites (tertiary alicyclic amines) is 1. The molecule has 1 aromatic carbocycles. The van der Waals surface area contributed by atoms with E-state index in [9.17, 15) is 4.79 Å². The number of hydrogen-bond acceptors (Lipinski definition) is 2. The first-order chi connectivity index (χ1) is 7.68. The lowest BCUT2D eigenvalue weighted by Gasteiger charge is -2.35. The van der Waals surface area contributed by atoms with E-state index in [1.807, 2.05) is 35.2 Å². The van der Waals surface area contributed by atoms with E-state index in [2.05, 4.69) is 6.92 Å². The summed E-state index contributed by atoms with van der Waals surface area (Å²) in [7, 11) is 0. The van der Waals surface area contributed by atoms with E-state index in [1.54, 1.807) is 0 Å². The summed E-state index contributed by atoms with van der Waals surface area (Å²) < 4.78 is 0. The predicted molar refractivity (Wildman–Crippen MR) is 64.1 cm³/mol. The molecule has 2 N–H and O–H groups in total. The van der Waals surface area contributed by atoms with Crippen LogP contribution in [0.4, 0.5) is 0 Å². The van der Waals surface area contributed by atoms with Crippen LogP contribution in [0.25, 0.3) is 0 Å². The molecule has 0 bridgehead atoms. The van der Waals surface area contributed by atoms with Crippen molar-refractivity contribution < 1.29 is 4.79 Å². The molecule has 0 aliphatic carbocycles. The summed E-state index contributed by atoms with van der Waals surface area (Å²) in [6.07, 6.45) is 0.903. The lowest BCUT2D eigenvalue weighted by molar-refractivity contribution is 0.0664. The van der Waals surface area contributed by atoms with Crippen LogP contribution in [0.15, 0.2) is 30.3 Å². The van der Waals surface area contributed by atoms with Gasteiger partial charge in [-0.2, -0.15) is 0 Å². The summed E-state index contributed by atoms with van der Waals surface area (Å²) in [5, 5.41) is 0. The molecule has 1 saturated heterocycles. The van der Waals surface area contributed by atoms with Crippen molar-refractivity contribution in [3.8, 4) is 0 Å². The Labute approximate surface area is 96.2 Å². The first-order valence-electron chi connectivity index (χ1n) is 5.78. The molecular formula is C13H18N2O. The number of rotatable bonds is 1. The molecule has 2 unspecified atom stereocenters. The van der Waals surface area contributed by atoms with E-state index in [0.717, 1.165) is 25.1 Å². The number of benzene rings is 1. The van der Waals surface area contributed by atoms with Crippen molar-refractivity contribution in [2.24, 2.45) is 11.7 Å². The SMILES string of the molecule is CC1CN(C(=O)c2ccccc2)CCC1N. The quantitative estimate of drug-likeness (QED) is 0.776. The molecule has 0 spiro atoms. The van der Waals surface area contributed by atoms with Crippen molar-refractivity contribution in [3.05, 3.63) is 35.9 Å². The van der Waals surface area contributed by atoms with Gasteiger partial charge in [-0.25, -0.2) is 0 Å². The topological polar surface area (TPSA) is 46.3 Å². The van der Waals surface area contributed by atoms with Crippen molar-refractivity contribution in [2.45, 2.75) is 19.4 Å². The summed E-state index contributed by atoms with van der Waals surface area (Å²) in [4.78, 5) is 14.0. The third-order valence-corrected chi connectivity index (χ3v) is 3.28. The molecule has 0 radical (unpaired) electrons. The fraction of sp³-hybridized carbons (Fsp3) is 0.462. The number of carbonyl (C=O) groups is 1. The van der Waals surface area contributed by atoms with Gasteiger partial charge in [-0.15, -0.1) is 0 Å². The highest BCUT2D eigenvalue weighted by molar-refractivity contribution is 5.94. The molecule has 3 nitrogen and oxygen atoms in total. The Bertz CT molecular complexity index is 363. The van der Waals surface area contributed by atoms with Crippen LogP contribution in [0.3, 0.4) is 0 Å². The molecule has 0 saturated carbocycles. The van der Waals surface area contributed by atoms with Gasteiger partial charge in [0.25, 0.3) is 5.91 Å². The van der Waals surface area contributed by atoms with E-state index < -0.39 is 0 Å². The van der Waals surface area contributed by atoms with Crippen molar-refractivity contribution in [1.29, 1.82) is 0 Å². The highest BCUT2D eigenvalue weighted by Crippen LogP contribution is 2.17. The Kier molecular flexibility index (Phi) is 3.25. The highest BCUT2D eigenvalue weighted by atomic mass is 16.2. The average molecular weight is 218 g/mol. The van der Waals surface area contributed by atoms with Crippen LogP contribution in [0.1, 0.15) is 23.7 Å². The molecule has 2 atom stereocenters. The normalized spacial score (nSPS) is 25.5. The summed E-state index contributed by atoms with van der Waals surface area (Å²) >= 11 is 0. The van der Waals surface area contributed by atoms with Gasteiger partial charge >= 0.3 is 0 Å². The Hall–Kier alpha value is -1.35. The van der Waals surface area contributed by atoms with Gasteiger partial charge in [-0.05, 0) is 24.5 Å². The second-order valence-corrected chi connectivity index (χ2v) is 4.55. The molecule has 2 rings (SSSR count). The highest BCUT2D eigenvalue weighted by Gasteiger charge is 2.26. The zero-order chi connectivity index (χ0) is 11.5. The fourth-order valence-corrected chi connectivity index (χ4v) is 2.11. The smallest absolute Gasteiger partial charge is 0.253 e. The number of nitrogens with two attached hydrogens (primary N) is 1. The first-order valence-corrected chi connectivity index (χ1v) is 5.78. The van der Waals surface area contributed by atoms with E-state index >= 15 is 0 Å². The average Bonchev–Trinajstić information content (AvgIpc) is 2.33. The third-order valence-electron chi connectivity index (χ3n) is 3.28. The van der Waals surface area contributed by atoms with E-state index in [0.29, 0.717) is 5.92 Å². The summed E-state index contributed by atoms with van der Waals surface area (Å²) in [6.45, 7) is 3.66. The molecule has 1 fully saturated rings. The minimum Gasteiger partial charge on any atom is -0.338 e. The number of hydrogen-bond donors (Lipinski definition) is 1. The number of amides is 1. The maximum absolute atomic E-state index is 12.1. The number of piperidine rings is 1. The second-order valence-electron chi connectivity index (χ2n) is 4.55. The van der Waals surface area contributed by atoms with Crippen molar-refractivity contribution in [3.63, 3.8) is 0 Å². The molecular weight excluding hydrogens is 200 g/mol. The zero-order valence-corrected chi connectivity index (χ0v) is 9.60. The molecule has 86 valence electrons. The molecule has 1 aromatic rings. The van der Waals surface area contributed by atoms with Crippen LogP contribution in [-0.4, -0.2) is 29.9 Å². The maximum atomic E-state index is 12.1. The van der Waals surface area contributed by atoms with Crippen LogP contribution in [0.2, 0.25) is 0 Å². The predicted octanol–water partition coefficient (Wildman–Crippen LogP) is 1.50. The largest absolute Gasteiger partial charge is 0.338 e. The molecule has 1 aliphatic rings. The number of carbonyl (C=O) groups excluding carboxylic acids is 1. The molecule has 1 amide bonds. The van der Waals surface area contributed by atoms with Crippen LogP contribution >= 0.6 is 0 Å². The third kappa shape index (κ3) is 2.25. The van der Waals surface area contributed by atoms with Gasteiger partial charge in [0.2, 0.25) is 0 Å². The lowest BCUT2D eigenvalue weighted by Crippen LogP contribution is -2.48. The Morgan fingerprint density at radius 3 is 2.69 bits per heavy atom. The van der Waals surface area contributed by atoms with E-state index in [4.69, 9.17) is 5.73 Å². The summed E-state index contributed by atoms with van der Waals surface area (Å²) in [6, 6.07) is 9.67. The van der Waals surface area contributed by atoms with E-state index in [-0.39, 0.29) is 11.9 Å². The van der Waals surface area contributed by atoms with Gasteiger partial charge in [-0.3, -0.25) is 4.79 Å². The molecule has 0 aromatic heterocycles. The van der Waals surface area contributed by atoms with Crippen LogP contribution in [0.5, 0.6) is 0 Å². The Morgan fingerprint density at radius 1 is 1.38 bits per heavy atom. The summed E-state index contributed by atoms with van der Waals surface area (Å²) in [5.74, 6) is 0.515. The zero-order valence-electron chi connectivity index (χ0n) is 9.60. The maximum Gasteiger partial charge on any atom is 0.253 e. The van der Waals surface area contributed by atoms with Crippen LogP contribution in [0, 0.1) is 5.92 Å². The van der Waals surface area contributed by atoms with Crippen molar-refractivity contribution >= 4 is 5.91 Å². The Balaban J connectivity index is 2.06. The van der Waals surface area contributed by atoms with Gasteiger partial charge in [0.1, 0.15) is 0 Å². The summed E-state index contributed by atoms with van der Waals surface area (Å²) in [5.41, 5.74) is 6.71. The minimum absolute atomic E-state index is 0.124. The van der Waals surface area contributed by atoms with Gasteiger partial charge < -0.3 is 10.6 Å². The minimum atomic E-state index is 0.124. The van der Waals surface area contributed by atoms with Crippen LogP contribution < -0.4 is 5.73 Å². The van der Waals surface area contributed by atoms with Crippen LogP contribution in [-0.2, 0) is 0 Å². The standard InChI is InChI=1S/C13H18N2O/c1-10-9-15(8-7-12(10)14)13(16)11-5-3-2-4-6-11/h2-6,10,12H,7-9,14H2,1H3.